The van der Waals surface area contributed by atoms with E-state index in [2.05, 4.69) is 10.2 Å². The monoisotopic (exact) mass is 361 g/mol. The molecular formula is C12H9Cl2N3O4S. The molecule has 0 aliphatic carbocycles. The molecular weight excluding hydrogens is 353 g/mol. The second kappa shape index (κ2) is 5.53. The number of amides is 1. The van der Waals surface area contributed by atoms with Gasteiger partial charge in [-0.2, -0.15) is 0 Å². The van der Waals surface area contributed by atoms with Crippen LogP contribution < -0.4 is 4.90 Å². The molecule has 2 aromatic rings. The van der Waals surface area contributed by atoms with E-state index >= 15 is 0 Å². The van der Waals surface area contributed by atoms with Crippen LogP contribution in [-0.2, 0) is 13.8 Å². The van der Waals surface area contributed by atoms with Crippen LogP contribution in [0.25, 0.3) is 11.5 Å². The minimum absolute atomic E-state index is 0.0576. The molecule has 1 unspecified atom stereocenters. The molecule has 22 heavy (non-hydrogen) atoms. The standard InChI is InChI=1S/C12H9Cl2N3O4S/c13-8-3-1-7(2-4-8)11-15-16-12(21-11)17-6-9(5-10(17)18)22(14,19)20/h1-4,9H,5-6H2. The average molecular weight is 362 g/mol. The smallest absolute Gasteiger partial charge is 0.325 e. The van der Waals surface area contributed by atoms with Crippen molar-refractivity contribution in [2.45, 2.75) is 11.7 Å². The predicted octanol–water partition coefficient (Wildman–Crippen LogP) is 2.06. The van der Waals surface area contributed by atoms with Gasteiger partial charge in [-0.15, -0.1) is 5.10 Å². The van der Waals surface area contributed by atoms with Crippen LogP contribution in [0.4, 0.5) is 6.01 Å². The number of rotatable bonds is 3. The van der Waals surface area contributed by atoms with Gasteiger partial charge < -0.3 is 4.42 Å². The van der Waals surface area contributed by atoms with Gasteiger partial charge in [0.2, 0.25) is 20.8 Å². The van der Waals surface area contributed by atoms with Gasteiger partial charge in [0.05, 0.1) is 0 Å². The summed E-state index contributed by atoms with van der Waals surface area (Å²) in [5, 5.41) is 7.21. The molecule has 0 spiro atoms. The van der Waals surface area contributed by atoms with E-state index in [9.17, 15) is 13.2 Å². The third kappa shape index (κ3) is 2.94. The summed E-state index contributed by atoms with van der Waals surface area (Å²) in [4.78, 5) is 13.0. The van der Waals surface area contributed by atoms with Crippen LogP contribution in [0.1, 0.15) is 6.42 Å². The Labute approximate surface area is 135 Å². The van der Waals surface area contributed by atoms with E-state index in [1.807, 2.05) is 0 Å². The van der Waals surface area contributed by atoms with E-state index in [0.717, 1.165) is 4.90 Å². The summed E-state index contributed by atoms with van der Waals surface area (Å²) in [7, 11) is 1.47. The molecule has 2 heterocycles. The lowest BCUT2D eigenvalue weighted by Crippen LogP contribution is -2.27. The highest BCUT2D eigenvalue weighted by Gasteiger charge is 2.40. The van der Waals surface area contributed by atoms with Crippen LogP contribution in [0.5, 0.6) is 0 Å². The Morgan fingerprint density at radius 1 is 1.23 bits per heavy atom. The van der Waals surface area contributed by atoms with Crippen molar-refractivity contribution in [3.63, 3.8) is 0 Å². The van der Waals surface area contributed by atoms with Crippen LogP contribution >= 0.6 is 22.3 Å². The summed E-state index contributed by atoms with van der Waals surface area (Å²) in [5.41, 5.74) is 0.635. The fraction of sp³-hybridized carbons (Fsp3) is 0.250. The highest BCUT2D eigenvalue weighted by molar-refractivity contribution is 8.14. The quantitative estimate of drug-likeness (QED) is 0.776. The van der Waals surface area contributed by atoms with Gasteiger partial charge in [0.1, 0.15) is 5.25 Å². The van der Waals surface area contributed by atoms with Gasteiger partial charge in [0, 0.05) is 34.2 Å². The molecule has 3 rings (SSSR count). The lowest BCUT2D eigenvalue weighted by atomic mass is 10.2. The van der Waals surface area contributed by atoms with E-state index in [1.165, 1.54) is 0 Å². The van der Waals surface area contributed by atoms with Crippen LogP contribution in [0.2, 0.25) is 5.02 Å². The summed E-state index contributed by atoms with van der Waals surface area (Å²) >= 11 is 5.80. The van der Waals surface area contributed by atoms with Crippen molar-refractivity contribution in [2.75, 3.05) is 11.4 Å². The lowest BCUT2D eigenvalue weighted by Gasteiger charge is -2.09. The molecule has 1 aliphatic rings. The molecule has 1 aromatic carbocycles. The summed E-state index contributed by atoms with van der Waals surface area (Å²) in [5.74, 6) is -0.225. The summed E-state index contributed by atoms with van der Waals surface area (Å²) in [6.07, 6.45) is -0.204. The Morgan fingerprint density at radius 2 is 1.91 bits per heavy atom. The predicted molar refractivity (Wildman–Crippen MR) is 80.3 cm³/mol. The van der Waals surface area contributed by atoms with Gasteiger partial charge in [0.15, 0.2) is 0 Å². The van der Waals surface area contributed by atoms with Crippen molar-refractivity contribution in [1.82, 2.24) is 10.2 Å². The largest absolute Gasteiger partial charge is 0.403 e. The molecule has 1 fully saturated rings. The van der Waals surface area contributed by atoms with Crippen LogP contribution in [-0.4, -0.2) is 36.3 Å². The number of carbonyl (C=O) groups is 1. The average Bonchev–Trinajstić information content (AvgIpc) is 3.05. The molecule has 1 saturated heterocycles. The van der Waals surface area contributed by atoms with Crippen molar-refractivity contribution in [3.8, 4) is 11.5 Å². The molecule has 116 valence electrons. The van der Waals surface area contributed by atoms with Crippen LogP contribution in [0.3, 0.4) is 0 Å². The SMILES string of the molecule is O=C1CC(S(=O)(=O)Cl)CN1c1nnc(-c2ccc(Cl)cc2)o1. The third-order valence-corrected chi connectivity index (χ3v) is 5.34. The normalized spacial score (nSPS) is 18.9. The van der Waals surface area contributed by atoms with Gasteiger partial charge in [0.25, 0.3) is 0 Å². The first-order chi connectivity index (χ1) is 10.3. The topological polar surface area (TPSA) is 93.4 Å². The zero-order valence-electron chi connectivity index (χ0n) is 10.9. The third-order valence-electron chi connectivity index (χ3n) is 3.22. The Morgan fingerprint density at radius 3 is 2.50 bits per heavy atom. The lowest BCUT2D eigenvalue weighted by molar-refractivity contribution is -0.117. The van der Waals surface area contributed by atoms with E-state index < -0.39 is 20.2 Å². The zero-order chi connectivity index (χ0) is 15.9. The Kier molecular flexibility index (Phi) is 3.84. The van der Waals surface area contributed by atoms with E-state index in [-0.39, 0.29) is 24.9 Å². The van der Waals surface area contributed by atoms with Crippen molar-refractivity contribution in [1.29, 1.82) is 0 Å². The van der Waals surface area contributed by atoms with Crippen molar-refractivity contribution < 1.29 is 17.6 Å². The molecule has 1 aliphatic heterocycles. The van der Waals surface area contributed by atoms with Gasteiger partial charge in [-0.1, -0.05) is 16.7 Å². The zero-order valence-corrected chi connectivity index (χ0v) is 13.3. The second-order valence-electron chi connectivity index (χ2n) is 4.70. The van der Waals surface area contributed by atoms with E-state index in [0.29, 0.717) is 10.6 Å². The minimum atomic E-state index is -3.82. The maximum Gasteiger partial charge on any atom is 0.325 e. The first-order valence-corrected chi connectivity index (χ1v) is 8.93. The maximum atomic E-state index is 11.9. The molecule has 1 amide bonds. The van der Waals surface area contributed by atoms with Gasteiger partial charge in [-0.25, -0.2) is 8.42 Å². The molecule has 1 atom stereocenters. The molecule has 0 saturated carbocycles. The van der Waals surface area contributed by atoms with Crippen molar-refractivity contribution in [2.24, 2.45) is 0 Å². The summed E-state index contributed by atoms with van der Waals surface area (Å²) in [6, 6.07) is 6.66. The van der Waals surface area contributed by atoms with Crippen LogP contribution in [0, 0.1) is 0 Å². The van der Waals surface area contributed by atoms with Crippen molar-refractivity contribution >= 4 is 43.3 Å². The highest BCUT2D eigenvalue weighted by atomic mass is 35.7. The fourth-order valence-corrected chi connectivity index (χ4v) is 3.23. The second-order valence-corrected chi connectivity index (χ2v) is 8.05. The molecule has 0 bridgehead atoms. The van der Waals surface area contributed by atoms with E-state index in [4.69, 9.17) is 26.7 Å². The first-order valence-electron chi connectivity index (χ1n) is 6.18. The Bertz CT molecular complexity index is 819. The maximum absolute atomic E-state index is 11.9. The fourth-order valence-electron chi connectivity index (χ4n) is 2.08. The van der Waals surface area contributed by atoms with Gasteiger partial charge in [-0.3, -0.25) is 9.69 Å². The summed E-state index contributed by atoms with van der Waals surface area (Å²) in [6.45, 7) is -0.104. The number of benzene rings is 1. The number of halogens is 2. The van der Waals surface area contributed by atoms with Gasteiger partial charge in [-0.05, 0) is 24.3 Å². The number of hydrogen-bond donors (Lipinski definition) is 0. The number of anilines is 1. The molecule has 7 nitrogen and oxygen atoms in total. The molecule has 10 heteroatoms. The number of hydrogen-bond acceptors (Lipinski definition) is 6. The van der Waals surface area contributed by atoms with Gasteiger partial charge >= 0.3 is 6.01 Å². The number of carbonyl (C=O) groups excluding carboxylic acids is 1. The minimum Gasteiger partial charge on any atom is -0.403 e. The highest BCUT2D eigenvalue weighted by Crippen LogP contribution is 2.28. The first kappa shape index (κ1) is 15.3. The van der Waals surface area contributed by atoms with Crippen LogP contribution in [0.15, 0.2) is 28.7 Å². The molecule has 1 aromatic heterocycles. The Balaban J connectivity index is 1.85. The Hall–Kier alpha value is -1.64. The number of aromatic nitrogens is 2. The van der Waals surface area contributed by atoms with Crippen molar-refractivity contribution in [3.05, 3.63) is 29.3 Å². The molecule has 0 radical (unpaired) electrons. The molecule has 0 N–H and O–H groups in total. The van der Waals surface area contributed by atoms with E-state index in [1.54, 1.807) is 24.3 Å². The summed E-state index contributed by atoms with van der Waals surface area (Å²) < 4.78 is 28.1. The number of nitrogens with zero attached hydrogens (tertiary/aromatic N) is 3.